The van der Waals surface area contributed by atoms with Crippen molar-refractivity contribution in [1.29, 1.82) is 0 Å². The van der Waals surface area contributed by atoms with E-state index in [0.717, 1.165) is 11.1 Å². The fourth-order valence-corrected chi connectivity index (χ4v) is 2.06. The summed E-state index contributed by atoms with van der Waals surface area (Å²) in [7, 11) is 1.41. The molecule has 0 heterocycles. The minimum atomic E-state index is -0.429. The molecule has 5 heteroatoms. The quantitative estimate of drug-likeness (QED) is 0.920. The summed E-state index contributed by atoms with van der Waals surface area (Å²) in [4.78, 5) is 11.9. The highest BCUT2D eigenvalue weighted by Gasteiger charge is 2.10. The van der Waals surface area contributed by atoms with Crippen LogP contribution in [0.15, 0.2) is 36.4 Å². The zero-order valence-electron chi connectivity index (χ0n) is 12.8. The predicted octanol–water partition coefficient (Wildman–Crippen LogP) is 3.47. The largest absolute Gasteiger partial charge is 0.494 e. The van der Waals surface area contributed by atoms with Gasteiger partial charge in [-0.25, -0.2) is 4.39 Å². The summed E-state index contributed by atoms with van der Waals surface area (Å²) in [5.41, 5.74) is 2.50. The molecule has 0 aliphatic heterocycles. The molecule has 2 aromatic carbocycles. The first-order valence-corrected chi connectivity index (χ1v) is 6.83. The lowest BCUT2D eigenvalue weighted by molar-refractivity contribution is -0.118. The summed E-state index contributed by atoms with van der Waals surface area (Å²) in [5.74, 6) is 0.151. The molecule has 0 saturated heterocycles. The van der Waals surface area contributed by atoms with Crippen LogP contribution in [0.3, 0.4) is 0 Å². The maximum atomic E-state index is 13.1. The Balaban J connectivity index is 1.98. The minimum Gasteiger partial charge on any atom is -0.494 e. The average Bonchev–Trinajstić information content (AvgIpc) is 2.48. The van der Waals surface area contributed by atoms with Gasteiger partial charge in [-0.15, -0.1) is 0 Å². The van der Waals surface area contributed by atoms with Crippen molar-refractivity contribution in [2.45, 2.75) is 13.8 Å². The maximum Gasteiger partial charge on any atom is 0.262 e. The molecule has 0 bridgehead atoms. The van der Waals surface area contributed by atoms with Gasteiger partial charge >= 0.3 is 0 Å². The number of anilines is 1. The van der Waals surface area contributed by atoms with Crippen molar-refractivity contribution in [1.82, 2.24) is 0 Å². The Bertz CT molecular complexity index is 686. The van der Waals surface area contributed by atoms with Crippen LogP contribution in [0.1, 0.15) is 11.1 Å². The molecule has 22 heavy (non-hydrogen) atoms. The number of carbonyl (C=O) groups is 1. The topological polar surface area (TPSA) is 47.6 Å². The molecule has 0 unspecified atom stereocenters. The lowest BCUT2D eigenvalue weighted by atomic mass is 10.1. The van der Waals surface area contributed by atoms with Crippen molar-refractivity contribution in [2.24, 2.45) is 0 Å². The Labute approximate surface area is 128 Å². The number of hydrogen-bond acceptors (Lipinski definition) is 3. The second-order valence-electron chi connectivity index (χ2n) is 4.95. The van der Waals surface area contributed by atoms with Crippen LogP contribution >= 0.6 is 0 Å². The van der Waals surface area contributed by atoms with Gasteiger partial charge in [-0.05, 0) is 37.6 Å². The molecule has 0 radical (unpaired) electrons. The molecule has 0 aliphatic carbocycles. The fourth-order valence-electron chi connectivity index (χ4n) is 2.06. The number of amides is 1. The van der Waals surface area contributed by atoms with Gasteiger partial charge in [-0.3, -0.25) is 4.79 Å². The van der Waals surface area contributed by atoms with E-state index in [1.807, 2.05) is 32.0 Å². The Morgan fingerprint density at radius 3 is 2.59 bits per heavy atom. The van der Waals surface area contributed by atoms with E-state index in [1.54, 1.807) is 0 Å². The van der Waals surface area contributed by atoms with E-state index in [1.165, 1.54) is 25.3 Å². The molecule has 0 atom stereocenters. The molecular weight excluding hydrogens is 285 g/mol. The number of hydrogen-bond donors (Lipinski definition) is 1. The van der Waals surface area contributed by atoms with Crippen LogP contribution in [0.5, 0.6) is 11.5 Å². The van der Waals surface area contributed by atoms with Gasteiger partial charge in [-0.1, -0.05) is 17.7 Å². The van der Waals surface area contributed by atoms with Gasteiger partial charge in [0.05, 0.1) is 12.8 Å². The van der Waals surface area contributed by atoms with Crippen molar-refractivity contribution in [3.05, 3.63) is 53.3 Å². The lowest BCUT2D eigenvalue weighted by Gasteiger charge is -2.12. The van der Waals surface area contributed by atoms with Crippen LogP contribution in [0.25, 0.3) is 0 Å². The molecule has 116 valence electrons. The maximum absolute atomic E-state index is 13.1. The number of ether oxygens (including phenoxy) is 2. The Morgan fingerprint density at radius 1 is 1.14 bits per heavy atom. The lowest BCUT2D eigenvalue weighted by Crippen LogP contribution is -2.20. The molecule has 0 aliphatic rings. The third kappa shape index (κ3) is 3.97. The Kier molecular flexibility index (Phi) is 4.99. The first kappa shape index (κ1) is 15.8. The van der Waals surface area contributed by atoms with Crippen LogP contribution < -0.4 is 14.8 Å². The number of aryl methyl sites for hydroxylation is 2. The van der Waals surface area contributed by atoms with E-state index >= 15 is 0 Å². The summed E-state index contributed by atoms with van der Waals surface area (Å²) in [5, 5.41) is 2.63. The third-order valence-electron chi connectivity index (χ3n) is 3.13. The van der Waals surface area contributed by atoms with Crippen molar-refractivity contribution in [3.8, 4) is 11.5 Å². The van der Waals surface area contributed by atoms with E-state index in [9.17, 15) is 9.18 Å². The highest BCUT2D eigenvalue weighted by atomic mass is 19.1. The van der Waals surface area contributed by atoms with Gasteiger partial charge in [0, 0.05) is 6.07 Å². The van der Waals surface area contributed by atoms with Crippen molar-refractivity contribution >= 4 is 11.6 Å². The molecule has 1 amide bonds. The summed E-state index contributed by atoms with van der Waals surface area (Å²) in [6, 6.07) is 9.64. The summed E-state index contributed by atoms with van der Waals surface area (Å²) < 4.78 is 23.6. The minimum absolute atomic E-state index is 0.134. The Hall–Kier alpha value is -2.56. The van der Waals surface area contributed by atoms with Crippen LogP contribution in [0.4, 0.5) is 10.1 Å². The SMILES string of the molecule is COc1cc(F)ccc1NC(=O)COc1ccc(C)cc1C. The highest BCUT2D eigenvalue weighted by molar-refractivity contribution is 5.93. The van der Waals surface area contributed by atoms with E-state index in [0.29, 0.717) is 11.4 Å². The number of methoxy groups -OCH3 is 1. The van der Waals surface area contributed by atoms with Crippen molar-refractivity contribution in [3.63, 3.8) is 0 Å². The number of nitrogens with one attached hydrogen (secondary N) is 1. The van der Waals surface area contributed by atoms with Gasteiger partial charge in [0.1, 0.15) is 17.3 Å². The number of rotatable bonds is 5. The first-order valence-electron chi connectivity index (χ1n) is 6.83. The van der Waals surface area contributed by atoms with Gasteiger partial charge in [-0.2, -0.15) is 0 Å². The van der Waals surface area contributed by atoms with Gasteiger partial charge in [0.15, 0.2) is 6.61 Å². The zero-order valence-corrected chi connectivity index (χ0v) is 12.8. The van der Waals surface area contributed by atoms with Crippen molar-refractivity contribution in [2.75, 3.05) is 19.0 Å². The highest BCUT2D eigenvalue weighted by Crippen LogP contribution is 2.25. The second kappa shape index (κ2) is 6.93. The van der Waals surface area contributed by atoms with E-state index in [-0.39, 0.29) is 18.3 Å². The molecule has 1 N–H and O–H groups in total. The van der Waals surface area contributed by atoms with Crippen LogP contribution in [-0.2, 0) is 4.79 Å². The van der Waals surface area contributed by atoms with Crippen molar-refractivity contribution < 1.29 is 18.7 Å². The third-order valence-corrected chi connectivity index (χ3v) is 3.13. The van der Waals surface area contributed by atoms with Crippen LogP contribution in [0, 0.1) is 19.7 Å². The normalized spacial score (nSPS) is 10.2. The molecule has 2 rings (SSSR count). The molecule has 0 aromatic heterocycles. The molecule has 0 fully saturated rings. The zero-order chi connectivity index (χ0) is 16.1. The summed E-state index contributed by atoms with van der Waals surface area (Å²) in [6.45, 7) is 3.78. The predicted molar refractivity (Wildman–Crippen MR) is 83.0 cm³/mol. The monoisotopic (exact) mass is 303 g/mol. The fraction of sp³-hybridized carbons (Fsp3) is 0.235. The van der Waals surface area contributed by atoms with E-state index < -0.39 is 5.82 Å². The van der Waals surface area contributed by atoms with Crippen LogP contribution in [0.2, 0.25) is 0 Å². The van der Waals surface area contributed by atoms with Crippen LogP contribution in [-0.4, -0.2) is 19.6 Å². The van der Waals surface area contributed by atoms with Gasteiger partial charge in [0.2, 0.25) is 0 Å². The molecule has 4 nitrogen and oxygen atoms in total. The first-order chi connectivity index (χ1) is 10.5. The second-order valence-corrected chi connectivity index (χ2v) is 4.95. The van der Waals surface area contributed by atoms with Gasteiger partial charge in [0.25, 0.3) is 5.91 Å². The smallest absolute Gasteiger partial charge is 0.262 e. The standard InChI is InChI=1S/C17H18FNO3/c1-11-4-7-15(12(2)8-11)22-10-17(20)19-14-6-5-13(18)9-16(14)21-3/h4-9H,10H2,1-3H3,(H,19,20). The molecule has 0 saturated carbocycles. The Morgan fingerprint density at radius 2 is 1.91 bits per heavy atom. The number of halogens is 1. The van der Waals surface area contributed by atoms with Gasteiger partial charge < -0.3 is 14.8 Å². The molecule has 2 aromatic rings. The molecular formula is C17H18FNO3. The number of benzene rings is 2. The average molecular weight is 303 g/mol. The van der Waals surface area contributed by atoms with E-state index in [2.05, 4.69) is 5.32 Å². The molecule has 0 spiro atoms. The van der Waals surface area contributed by atoms with E-state index in [4.69, 9.17) is 9.47 Å². The summed E-state index contributed by atoms with van der Waals surface area (Å²) in [6.07, 6.45) is 0. The summed E-state index contributed by atoms with van der Waals surface area (Å²) >= 11 is 0. The number of carbonyl (C=O) groups excluding carboxylic acids is 1.